The molecule has 1 aliphatic carbocycles. The summed E-state index contributed by atoms with van der Waals surface area (Å²) in [6.45, 7) is 7.05. The van der Waals surface area contributed by atoms with Gasteiger partial charge in [0, 0.05) is 30.2 Å². The van der Waals surface area contributed by atoms with Crippen molar-refractivity contribution in [1.82, 2.24) is 14.1 Å². The van der Waals surface area contributed by atoms with Crippen molar-refractivity contribution in [2.24, 2.45) is 0 Å². The molecule has 6 heteroatoms. The molecule has 2 atom stereocenters. The summed E-state index contributed by atoms with van der Waals surface area (Å²) >= 11 is 1.19. The minimum Gasteiger partial charge on any atom is -0.378 e. The van der Waals surface area contributed by atoms with E-state index in [2.05, 4.69) is 16.6 Å². The van der Waals surface area contributed by atoms with Crippen LogP contribution < -0.4 is 4.72 Å². The van der Waals surface area contributed by atoms with Crippen molar-refractivity contribution < 1.29 is 9.53 Å². The zero-order valence-electron chi connectivity index (χ0n) is 16.0. The highest BCUT2D eigenvalue weighted by atomic mass is 32.2. The first-order valence-corrected chi connectivity index (χ1v) is 10.4. The van der Waals surface area contributed by atoms with E-state index in [1.165, 1.54) is 24.8 Å². The van der Waals surface area contributed by atoms with Crippen LogP contribution in [0.15, 0.2) is 18.3 Å². The predicted molar refractivity (Wildman–Crippen MR) is 107 cm³/mol. The fourth-order valence-corrected chi connectivity index (χ4v) is 4.30. The van der Waals surface area contributed by atoms with Crippen LogP contribution in [0.25, 0.3) is 5.65 Å². The standard InChI is InChI=1S/C20H29N3O2S/c1-4-5-6-11-25-17-8-7-16(13-17)22-26-20(24)18-9-10-23-15(3)12-14(2)21-19(18)23/h9-10,12,16-17,22H,4-8,11,13H2,1-3H3. The molecule has 2 aromatic heterocycles. The van der Waals surface area contributed by atoms with Crippen LogP contribution in [0, 0.1) is 13.8 Å². The van der Waals surface area contributed by atoms with Crippen molar-refractivity contribution in [2.75, 3.05) is 6.61 Å². The second-order valence-electron chi connectivity index (χ2n) is 7.18. The summed E-state index contributed by atoms with van der Waals surface area (Å²) < 4.78 is 11.3. The Kier molecular flexibility index (Phi) is 6.73. The van der Waals surface area contributed by atoms with Gasteiger partial charge in [0.2, 0.25) is 5.12 Å². The Morgan fingerprint density at radius 2 is 2.23 bits per heavy atom. The largest absolute Gasteiger partial charge is 0.378 e. The first kappa shape index (κ1) is 19.4. The molecule has 1 N–H and O–H groups in total. The normalized spacial score (nSPS) is 20.1. The molecule has 2 unspecified atom stereocenters. The molecule has 26 heavy (non-hydrogen) atoms. The number of nitrogens with zero attached hydrogens (tertiary/aromatic N) is 2. The van der Waals surface area contributed by atoms with E-state index >= 15 is 0 Å². The molecule has 142 valence electrons. The highest BCUT2D eigenvalue weighted by Gasteiger charge is 2.26. The third-order valence-electron chi connectivity index (χ3n) is 4.96. The third kappa shape index (κ3) is 4.67. The van der Waals surface area contributed by atoms with Gasteiger partial charge in [0.1, 0.15) is 5.65 Å². The Bertz CT molecular complexity index is 759. The van der Waals surface area contributed by atoms with E-state index in [0.717, 1.165) is 49.3 Å². The number of nitrogens with one attached hydrogen (secondary N) is 1. The zero-order chi connectivity index (χ0) is 18.5. The van der Waals surface area contributed by atoms with Gasteiger partial charge < -0.3 is 9.14 Å². The van der Waals surface area contributed by atoms with Crippen LogP contribution >= 0.6 is 11.9 Å². The smallest absolute Gasteiger partial charge is 0.237 e. The van der Waals surface area contributed by atoms with E-state index < -0.39 is 0 Å². The lowest BCUT2D eigenvalue weighted by molar-refractivity contribution is 0.0547. The quantitative estimate of drug-likeness (QED) is 0.545. The first-order valence-electron chi connectivity index (χ1n) is 9.62. The topological polar surface area (TPSA) is 55.6 Å². The summed E-state index contributed by atoms with van der Waals surface area (Å²) in [5, 5.41) is 0.0253. The predicted octanol–water partition coefficient (Wildman–Crippen LogP) is 4.46. The fraction of sp³-hybridized carbons (Fsp3) is 0.600. The second-order valence-corrected chi connectivity index (χ2v) is 7.99. The SMILES string of the molecule is CCCCCOC1CCC(NSC(=O)c2ccn3c(C)cc(C)nc23)C1. The molecule has 0 aromatic carbocycles. The molecule has 2 heterocycles. The summed E-state index contributed by atoms with van der Waals surface area (Å²) in [7, 11) is 0. The molecule has 0 amide bonds. The highest BCUT2D eigenvalue weighted by Crippen LogP contribution is 2.25. The van der Waals surface area contributed by atoms with Gasteiger partial charge in [-0.05, 0) is 63.6 Å². The Hall–Kier alpha value is -1.37. The number of carbonyl (C=O) groups is 1. The number of fused-ring (bicyclic) bond motifs is 1. The van der Waals surface area contributed by atoms with Crippen LogP contribution in [0.3, 0.4) is 0 Å². The van der Waals surface area contributed by atoms with Gasteiger partial charge in [0.15, 0.2) is 0 Å². The van der Waals surface area contributed by atoms with Gasteiger partial charge in [-0.25, -0.2) is 4.98 Å². The Labute approximate surface area is 160 Å². The van der Waals surface area contributed by atoms with Crippen molar-refractivity contribution in [3.8, 4) is 0 Å². The number of carbonyl (C=O) groups excluding carboxylic acids is 1. The summed E-state index contributed by atoms with van der Waals surface area (Å²) in [5.41, 5.74) is 3.42. The number of ether oxygens (including phenoxy) is 1. The lowest BCUT2D eigenvalue weighted by atomic mass is 10.2. The minimum absolute atomic E-state index is 0.0253. The molecule has 0 radical (unpaired) electrons. The fourth-order valence-electron chi connectivity index (χ4n) is 3.55. The Balaban J connectivity index is 1.51. The maximum atomic E-state index is 12.6. The van der Waals surface area contributed by atoms with Crippen LogP contribution in [0.5, 0.6) is 0 Å². The molecule has 0 saturated heterocycles. The molecule has 2 aromatic rings. The van der Waals surface area contributed by atoms with Crippen LogP contribution in [0.1, 0.15) is 67.2 Å². The van der Waals surface area contributed by atoms with E-state index in [9.17, 15) is 4.79 Å². The van der Waals surface area contributed by atoms with Crippen LogP contribution in [-0.2, 0) is 4.74 Å². The second kappa shape index (κ2) is 9.02. The van der Waals surface area contributed by atoms with Crippen LogP contribution in [0.4, 0.5) is 0 Å². The molecule has 0 bridgehead atoms. The lowest BCUT2D eigenvalue weighted by Gasteiger charge is -2.13. The van der Waals surface area contributed by atoms with E-state index in [4.69, 9.17) is 4.74 Å². The number of aromatic nitrogens is 2. The monoisotopic (exact) mass is 375 g/mol. The van der Waals surface area contributed by atoms with Crippen molar-refractivity contribution in [2.45, 2.75) is 71.4 Å². The van der Waals surface area contributed by atoms with Gasteiger partial charge in [0.05, 0.1) is 11.7 Å². The molecule has 1 aliphatic rings. The van der Waals surface area contributed by atoms with Crippen LogP contribution in [0.2, 0.25) is 0 Å². The molecule has 0 spiro atoms. The molecular formula is C20H29N3O2S. The minimum atomic E-state index is 0.0253. The first-order chi connectivity index (χ1) is 12.6. The average Bonchev–Trinajstić information content (AvgIpc) is 3.23. The number of hydrogen-bond acceptors (Lipinski definition) is 5. The summed E-state index contributed by atoms with van der Waals surface area (Å²) in [6.07, 6.45) is 8.98. The van der Waals surface area contributed by atoms with E-state index in [1.54, 1.807) is 0 Å². The molecule has 3 rings (SSSR count). The van der Waals surface area contributed by atoms with Gasteiger partial charge in [0.25, 0.3) is 0 Å². The molecule has 1 saturated carbocycles. The Morgan fingerprint density at radius 1 is 1.38 bits per heavy atom. The number of hydrogen-bond donors (Lipinski definition) is 1. The Morgan fingerprint density at radius 3 is 3.04 bits per heavy atom. The summed E-state index contributed by atoms with van der Waals surface area (Å²) in [4.78, 5) is 17.2. The molecule has 0 aliphatic heterocycles. The van der Waals surface area contributed by atoms with E-state index in [-0.39, 0.29) is 5.12 Å². The molecular weight excluding hydrogens is 346 g/mol. The summed E-state index contributed by atoms with van der Waals surface area (Å²) in [6, 6.07) is 4.22. The number of rotatable bonds is 8. The van der Waals surface area contributed by atoms with Gasteiger partial charge in [-0.1, -0.05) is 19.8 Å². The van der Waals surface area contributed by atoms with Crippen molar-refractivity contribution in [1.29, 1.82) is 0 Å². The van der Waals surface area contributed by atoms with Crippen LogP contribution in [-0.4, -0.2) is 33.3 Å². The van der Waals surface area contributed by atoms with Gasteiger partial charge >= 0.3 is 0 Å². The van der Waals surface area contributed by atoms with Gasteiger partial charge in [-0.2, -0.15) is 0 Å². The van der Waals surface area contributed by atoms with E-state index in [1.807, 2.05) is 36.6 Å². The third-order valence-corrected chi connectivity index (χ3v) is 5.82. The lowest BCUT2D eigenvalue weighted by Crippen LogP contribution is -2.23. The van der Waals surface area contributed by atoms with E-state index in [0.29, 0.717) is 17.7 Å². The van der Waals surface area contributed by atoms with Crippen molar-refractivity contribution in [3.05, 3.63) is 35.3 Å². The summed E-state index contributed by atoms with van der Waals surface area (Å²) in [5.74, 6) is 0. The average molecular weight is 376 g/mol. The molecule has 1 fully saturated rings. The highest BCUT2D eigenvalue weighted by molar-refractivity contribution is 8.12. The maximum Gasteiger partial charge on any atom is 0.237 e. The number of unbranched alkanes of at least 4 members (excludes halogenated alkanes) is 2. The van der Waals surface area contributed by atoms with Gasteiger partial charge in [-0.3, -0.25) is 9.52 Å². The molecule has 5 nitrogen and oxygen atoms in total. The zero-order valence-corrected chi connectivity index (χ0v) is 16.8. The maximum absolute atomic E-state index is 12.6. The van der Waals surface area contributed by atoms with Gasteiger partial charge in [-0.15, -0.1) is 0 Å². The van der Waals surface area contributed by atoms with Crippen molar-refractivity contribution >= 4 is 22.7 Å². The van der Waals surface area contributed by atoms with Crippen molar-refractivity contribution in [3.63, 3.8) is 0 Å². The number of aryl methyl sites for hydroxylation is 2.